The molecule has 0 atom stereocenters. The lowest BCUT2D eigenvalue weighted by Crippen LogP contribution is -2.12. The number of nitrogens with zero attached hydrogens (tertiary/aromatic N) is 2. The van der Waals surface area contributed by atoms with Crippen molar-refractivity contribution in [2.45, 2.75) is 0 Å². The summed E-state index contributed by atoms with van der Waals surface area (Å²) >= 11 is 0. The molecule has 0 saturated carbocycles. The van der Waals surface area contributed by atoms with E-state index in [0.29, 0.717) is 0 Å². The summed E-state index contributed by atoms with van der Waals surface area (Å²) in [5, 5.41) is 15.3. The highest BCUT2D eigenvalue weighted by molar-refractivity contribution is 5.90. The van der Waals surface area contributed by atoms with E-state index in [9.17, 15) is 4.79 Å². The number of aromatic amines is 1. The molecule has 0 aliphatic heterocycles. The van der Waals surface area contributed by atoms with E-state index < -0.39 is 5.91 Å². The third kappa shape index (κ3) is 3.90. The van der Waals surface area contributed by atoms with E-state index in [1.54, 1.807) is 18.3 Å². The summed E-state index contributed by atoms with van der Waals surface area (Å²) in [6.45, 7) is 0. The van der Waals surface area contributed by atoms with Crippen molar-refractivity contribution in [2.24, 2.45) is 5.73 Å². The highest BCUT2D eigenvalue weighted by Crippen LogP contribution is 2.00. The zero-order valence-electron chi connectivity index (χ0n) is 7.79. The number of aromatic nitrogens is 3. The highest BCUT2D eigenvalue weighted by Gasteiger charge is 1.97. The number of nitrogens with one attached hydrogen (secondary N) is 1. The van der Waals surface area contributed by atoms with Crippen LogP contribution >= 0.6 is 0 Å². The summed E-state index contributed by atoms with van der Waals surface area (Å²) in [6, 6.07) is 4.70. The van der Waals surface area contributed by atoms with Crippen LogP contribution in [0.15, 0.2) is 36.8 Å². The fourth-order valence-corrected chi connectivity index (χ4v) is 0.748. The molecular weight excluding hydrogens is 196 g/mol. The Bertz CT molecular complexity index is 399. The first-order chi connectivity index (χ1) is 7.20. The average Bonchev–Trinajstić information content (AvgIpc) is 2.71. The summed E-state index contributed by atoms with van der Waals surface area (Å²) in [7, 11) is 0. The summed E-state index contributed by atoms with van der Waals surface area (Å²) in [5.41, 5.74) is 5.06. The van der Waals surface area contributed by atoms with E-state index in [1.165, 1.54) is 18.5 Å². The molecule has 4 N–H and O–H groups in total. The molecule has 6 nitrogen and oxygen atoms in total. The van der Waals surface area contributed by atoms with E-state index in [2.05, 4.69) is 15.2 Å². The van der Waals surface area contributed by atoms with Crippen LogP contribution in [-0.2, 0) is 0 Å². The second kappa shape index (κ2) is 5.38. The van der Waals surface area contributed by atoms with Crippen LogP contribution in [0.1, 0.15) is 10.5 Å². The Kier molecular flexibility index (Phi) is 3.84. The van der Waals surface area contributed by atoms with Crippen LogP contribution < -0.4 is 5.73 Å². The Morgan fingerprint density at radius 2 is 2.27 bits per heavy atom. The van der Waals surface area contributed by atoms with Gasteiger partial charge in [-0.2, -0.15) is 5.10 Å². The van der Waals surface area contributed by atoms with E-state index >= 15 is 0 Å². The number of carbonyl (C=O) groups excluding carboxylic acids is 1. The second-order valence-electron chi connectivity index (χ2n) is 2.54. The van der Waals surface area contributed by atoms with Crippen molar-refractivity contribution in [3.63, 3.8) is 0 Å². The van der Waals surface area contributed by atoms with Crippen molar-refractivity contribution in [1.29, 1.82) is 0 Å². The maximum atomic E-state index is 10.3. The van der Waals surface area contributed by atoms with Crippen LogP contribution in [0.3, 0.4) is 0 Å². The number of amides is 1. The van der Waals surface area contributed by atoms with Gasteiger partial charge in [0.25, 0.3) is 5.91 Å². The third-order valence-corrected chi connectivity index (χ3v) is 1.41. The first kappa shape index (κ1) is 10.7. The smallest absolute Gasteiger partial charge is 0.269 e. The van der Waals surface area contributed by atoms with Gasteiger partial charge >= 0.3 is 0 Å². The molecule has 2 aromatic heterocycles. The highest BCUT2D eigenvalue weighted by atomic mass is 16.3. The van der Waals surface area contributed by atoms with Gasteiger partial charge in [0.2, 0.25) is 0 Å². The minimum absolute atomic E-state index is 0.192. The molecule has 0 spiro atoms. The first-order valence-electron chi connectivity index (χ1n) is 4.09. The molecule has 6 heteroatoms. The van der Waals surface area contributed by atoms with Gasteiger partial charge in [-0.25, -0.2) is 0 Å². The minimum atomic E-state index is -0.553. The SMILES string of the molecule is NC(=O)c1cccnn1.Oc1cc[nH]c1. The van der Waals surface area contributed by atoms with Gasteiger partial charge in [0, 0.05) is 18.6 Å². The van der Waals surface area contributed by atoms with Gasteiger partial charge < -0.3 is 15.8 Å². The summed E-state index contributed by atoms with van der Waals surface area (Å²) in [5.74, 6) is -0.266. The molecule has 78 valence electrons. The van der Waals surface area contributed by atoms with Crippen LogP contribution in [0.5, 0.6) is 5.75 Å². The molecule has 0 radical (unpaired) electrons. The van der Waals surface area contributed by atoms with Crippen LogP contribution in [0.2, 0.25) is 0 Å². The van der Waals surface area contributed by atoms with Gasteiger partial charge in [-0.05, 0) is 18.2 Å². The lowest BCUT2D eigenvalue weighted by Gasteiger charge is -1.87. The predicted molar refractivity (Wildman–Crippen MR) is 53.0 cm³/mol. The third-order valence-electron chi connectivity index (χ3n) is 1.41. The molecule has 0 unspecified atom stereocenters. The van der Waals surface area contributed by atoms with Crippen LogP contribution in [0.4, 0.5) is 0 Å². The molecule has 1 amide bonds. The normalized spacial score (nSPS) is 8.80. The lowest BCUT2D eigenvalue weighted by molar-refractivity contribution is 0.0994. The summed E-state index contributed by atoms with van der Waals surface area (Å²) < 4.78 is 0. The Morgan fingerprint density at radius 1 is 1.47 bits per heavy atom. The number of hydrogen-bond acceptors (Lipinski definition) is 4. The molecule has 0 fully saturated rings. The topological polar surface area (TPSA) is 105 Å². The molecule has 0 aromatic carbocycles. The summed E-state index contributed by atoms with van der Waals surface area (Å²) in [4.78, 5) is 13.0. The molecule has 2 aromatic rings. The number of H-pyrrole nitrogens is 1. The van der Waals surface area contributed by atoms with Crippen LogP contribution in [-0.4, -0.2) is 26.2 Å². The summed E-state index contributed by atoms with van der Waals surface area (Å²) in [6.07, 6.45) is 4.65. The quantitative estimate of drug-likeness (QED) is 0.623. The fourth-order valence-electron chi connectivity index (χ4n) is 0.748. The number of rotatable bonds is 1. The second-order valence-corrected chi connectivity index (χ2v) is 2.54. The van der Waals surface area contributed by atoms with E-state index in [4.69, 9.17) is 10.8 Å². The minimum Gasteiger partial charge on any atom is -0.506 e. The van der Waals surface area contributed by atoms with Gasteiger partial charge in [0.05, 0.1) is 0 Å². The van der Waals surface area contributed by atoms with Crippen molar-refractivity contribution in [3.8, 4) is 5.75 Å². The largest absolute Gasteiger partial charge is 0.506 e. The molecular formula is C9H10N4O2. The Hall–Kier alpha value is -2.37. The van der Waals surface area contributed by atoms with E-state index in [0.717, 1.165) is 0 Å². The average molecular weight is 206 g/mol. The van der Waals surface area contributed by atoms with Gasteiger partial charge in [0.15, 0.2) is 5.69 Å². The number of carbonyl (C=O) groups is 1. The molecule has 0 aliphatic rings. The van der Waals surface area contributed by atoms with Gasteiger partial charge in [0.1, 0.15) is 5.75 Å². The molecule has 2 rings (SSSR count). The van der Waals surface area contributed by atoms with Crippen LogP contribution in [0, 0.1) is 0 Å². The van der Waals surface area contributed by atoms with Crippen molar-refractivity contribution in [1.82, 2.24) is 15.2 Å². The standard InChI is InChI=1S/C5H5N3O.C4H5NO/c6-5(9)4-2-1-3-7-8-4;6-4-1-2-5-3-4/h1-3H,(H2,6,9);1-3,5-6H. The Labute approximate surface area is 85.8 Å². The number of hydrogen-bond donors (Lipinski definition) is 3. The predicted octanol–water partition coefficient (Wildman–Crippen LogP) is 0.296. The fraction of sp³-hybridized carbons (Fsp3) is 0. The van der Waals surface area contributed by atoms with E-state index in [-0.39, 0.29) is 11.4 Å². The number of aromatic hydroxyl groups is 1. The molecule has 0 aliphatic carbocycles. The van der Waals surface area contributed by atoms with Gasteiger partial charge in [-0.15, -0.1) is 5.10 Å². The maximum absolute atomic E-state index is 10.3. The zero-order valence-corrected chi connectivity index (χ0v) is 7.79. The first-order valence-corrected chi connectivity index (χ1v) is 4.09. The molecule has 0 saturated heterocycles. The van der Waals surface area contributed by atoms with Crippen molar-refractivity contribution in [3.05, 3.63) is 42.5 Å². The molecule has 15 heavy (non-hydrogen) atoms. The zero-order chi connectivity index (χ0) is 11.1. The van der Waals surface area contributed by atoms with Crippen molar-refractivity contribution < 1.29 is 9.90 Å². The molecule has 2 heterocycles. The Morgan fingerprint density at radius 3 is 2.53 bits per heavy atom. The van der Waals surface area contributed by atoms with Gasteiger partial charge in [-0.1, -0.05) is 0 Å². The van der Waals surface area contributed by atoms with Crippen molar-refractivity contribution >= 4 is 5.91 Å². The van der Waals surface area contributed by atoms with E-state index in [1.807, 2.05) is 0 Å². The van der Waals surface area contributed by atoms with Crippen LogP contribution in [0.25, 0.3) is 0 Å². The van der Waals surface area contributed by atoms with Crippen molar-refractivity contribution in [2.75, 3.05) is 0 Å². The number of nitrogens with two attached hydrogens (primary N) is 1. The monoisotopic (exact) mass is 206 g/mol. The van der Waals surface area contributed by atoms with Gasteiger partial charge in [-0.3, -0.25) is 4.79 Å². The molecule has 0 bridgehead atoms. The Balaban J connectivity index is 0.000000162. The maximum Gasteiger partial charge on any atom is 0.269 e. The number of primary amides is 1. The lowest BCUT2D eigenvalue weighted by atomic mass is 10.4.